The fourth-order valence-electron chi connectivity index (χ4n) is 4.40. The number of aryl methyl sites for hydroxylation is 1. The number of methoxy groups -OCH3 is 1. The van der Waals surface area contributed by atoms with E-state index in [2.05, 4.69) is 10.1 Å². The van der Waals surface area contributed by atoms with Crippen LogP contribution >= 0.6 is 0 Å². The van der Waals surface area contributed by atoms with Gasteiger partial charge in [-0.1, -0.05) is 24.3 Å². The molecule has 2 aliphatic heterocycles. The van der Waals surface area contributed by atoms with Gasteiger partial charge in [0.25, 0.3) is 5.91 Å². The summed E-state index contributed by atoms with van der Waals surface area (Å²) in [4.78, 5) is 19.6. The number of hydrogen-bond acceptors (Lipinski definition) is 6. The number of para-hydroxylation sites is 1. The molecule has 5 rings (SSSR count). The first kappa shape index (κ1) is 21.1. The summed E-state index contributed by atoms with van der Waals surface area (Å²) in [7, 11) is 1.61. The molecular weight excluding hydrogens is 420 g/mol. The number of benzene rings is 2. The number of rotatable bonds is 4. The lowest BCUT2D eigenvalue weighted by molar-refractivity contribution is -0.142. The summed E-state index contributed by atoms with van der Waals surface area (Å²) in [6.07, 6.45) is 4.05. The van der Waals surface area contributed by atoms with Gasteiger partial charge >= 0.3 is 0 Å². The zero-order valence-electron chi connectivity index (χ0n) is 18.9. The smallest absolute Gasteiger partial charge is 0.289 e. The first-order valence-corrected chi connectivity index (χ1v) is 11.0. The molecule has 3 heterocycles. The van der Waals surface area contributed by atoms with E-state index >= 15 is 0 Å². The molecule has 0 aliphatic carbocycles. The van der Waals surface area contributed by atoms with Crippen LogP contribution in [0.15, 0.2) is 54.6 Å². The van der Waals surface area contributed by atoms with Crippen molar-refractivity contribution >= 4 is 12.0 Å². The molecule has 0 spiro atoms. The standard InChI is InChI=1S/C25H26N4O4/c1-16-14-28(20-10-11-32-22-7-5-4-6-19(20)22)25(30)24(33-16)13-18-8-9-21(23(12-18)31-3)29-15-26-17(2)27-29/h4-9,12-13,15-16,20H,10-11,14H2,1-3H3/t16-,20-/m0/s1. The van der Waals surface area contributed by atoms with E-state index in [9.17, 15) is 4.79 Å². The second-order valence-corrected chi connectivity index (χ2v) is 8.25. The van der Waals surface area contributed by atoms with Crippen LogP contribution in [-0.2, 0) is 9.53 Å². The Morgan fingerprint density at radius 3 is 2.85 bits per heavy atom. The molecule has 1 amide bonds. The van der Waals surface area contributed by atoms with Gasteiger partial charge in [-0.05, 0) is 43.7 Å². The molecule has 170 valence electrons. The monoisotopic (exact) mass is 446 g/mol. The molecule has 0 radical (unpaired) electrons. The van der Waals surface area contributed by atoms with Crippen molar-refractivity contribution in [2.45, 2.75) is 32.4 Å². The largest absolute Gasteiger partial charge is 0.494 e. The Kier molecular flexibility index (Phi) is 5.50. The van der Waals surface area contributed by atoms with Gasteiger partial charge in [-0.2, -0.15) is 5.10 Å². The van der Waals surface area contributed by atoms with Gasteiger partial charge in [-0.3, -0.25) is 4.79 Å². The van der Waals surface area contributed by atoms with Crippen LogP contribution in [0.4, 0.5) is 0 Å². The minimum absolute atomic E-state index is 0.0373. The summed E-state index contributed by atoms with van der Waals surface area (Å²) in [6.45, 7) is 4.93. The average Bonchev–Trinajstić information content (AvgIpc) is 3.26. The average molecular weight is 447 g/mol. The highest BCUT2D eigenvalue weighted by Gasteiger charge is 2.37. The van der Waals surface area contributed by atoms with Crippen LogP contribution in [0.5, 0.6) is 11.5 Å². The maximum Gasteiger partial charge on any atom is 0.289 e. The molecule has 0 N–H and O–H groups in total. The fourth-order valence-corrected chi connectivity index (χ4v) is 4.40. The van der Waals surface area contributed by atoms with Crippen LogP contribution in [0.1, 0.15) is 36.3 Å². The lowest BCUT2D eigenvalue weighted by atomic mass is 9.97. The first-order valence-electron chi connectivity index (χ1n) is 11.0. The van der Waals surface area contributed by atoms with Crippen LogP contribution in [-0.4, -0.2) is 51.9 Å². The van der Waals surface area contributed by atoms with Crippen molar-refractivity contribution in [2.24, 2.45) is 0 Å². The third kappa shape index (κ3) is 4.04. The molecule has 0 unspecified atom stereocenters. The van der Waals surface area contributed by atoms with Gasteiger partial charge in [-0.25, -0.2) is 9.67 Å². The highest BCUT2D eigenvalue weighted by Crippen LogP contribution is 2.38. The maximum atomic E-state index is 13.5. The van der Waals surface area contributed by atoms with Crippen LogP contribution < -0.4 is 9.47 Å². The molecule has 2 atom stereocenters. The molecule has 3 aromatic rings. The molecule has 1 aromatic heterocycles. The molecule has 0 bridgehead atoms. The van der Waals surface area contributed by atoms with Gasteiger partial charge in [-0.15, -0.1) is 0 Å². The van der Waals surface area contributed by atoms with Crippen LogP contribution in [0.25, 0.3) is 11.8 Å². The van der Waals surface area contributed by atoms with E-state index in [0.717, 1.165) is 29.0 Å². The summed E-state index contributed by atoms with van der Waals surface area (Å²) in [5, 5.41) is 4.35. The van der Waals surface area contributed by atoms with E-state index < -0.39 is 0 Å². The first-order chi connectivity index (χ1) is 16.0. The molecular formula is C25H26N4O4. The fraction of sp³-hybridized carbons (Fsp3) is 0.320. The Bertz CT molecular complexity index is 1220. The van der Waals surface area contributed by atoms with E-state index in [0.29, 0.717) is 30.5 Å². The predicted octanol–water partition coefficient (Wildman–Crippen LogP) is 3.70. The van der Waals surface area contributed by atoms with Crippen molar-refractivity contribution in [2.75, 3.05) is 20.3 Å². The topological polar surface area (TPSA) is 78.7 Å². The maximum absolute atomic E-state index is 13.5. The van der Waals surface area contributed by atoms with Crippen molar-refractivity contribution in [3.8, 4) is 17.2 Å². The predicted molar refractivity (Wildman–Crippen MR) is 122 cm³/mol. The summed E-state index contributed by atoms with van der Waals surface area (Å²) in [6, 6.07) is 13.6. The number of hydrogen-bond donors (Lipinski definition) is 0. The van der Waals surface area contributed by atoms with Crippen LogP contribution in [0, 0.1) is 6.92 Å². The molecule has 33 heavy (non-hydrogen) atoms. The Morgan fingerprint density at radius 2 is 2.06 bits per heavy atom. The highest BCUT2D eigenvalue weighted by molar-refractivity contribution is 5.97. The zero-order valence-corrected chi connectivity index (χ0v) is 18.9. The van der Waals surface area contributed by atoms with E-state index in [1.54, 1.807) is 24.2 Å². The second-order valence-electron chi connectivity index (χ2n) is 8.25. The minimum atomic E-state index is -0.122. The number of nitrogens with zero attached hydrogens (tertiary/aromatic N) is 4. The highest BCUT2D eigenvalue weighted by atomic mass is 16.5. The van der Waals surface area contributed by atoms with Crippen molar-refractivity contribution in [3.63, 3.8) is 0 Å². The van der Waals surface area contributed by atoms with Crippen molar-refractivity contribution in [3.05, 3.63) is 71.5 Å². The van der Waals surface area contributed by atoms with E-state index in [-0.39, 0.29) is 18.1 Å². The van der Waals surface area contributed by atoms with E-state index in [1.807, 2.05) is 61.2 Å². The SMILES string of the molecule is COc1cc(C=C2O[C@@H](C)CN([C@H]3CCOc4ccccc43)C2=O)ccc1-n1cnc(C)n1. The summed E-state index contributed by atoms with van der Waals surface area (Å²) in [5.41, 5.74) is 2.61. The van der Waals surface area contributed by atoms with Gasteiger partial charge in [0.2, 0.25) is 0 Å². The quantitative estimate of drug-likeness (QED) is 0.569. The van der Waals surface area contributed by atoms with Gasteiger partial charge in [0.1, 0.15) is 35.4 Å². The normalized spacial score (nSPS) is 21.4. The third-order valence-electron chi connectivity index (χ3n) is 5.91. The van der Waals surface area contributed by atoms with Gasteiger partial charge in [0, 0.05) is 12.0 Å². The lowest BCUT2D eigenvalue weighted by Crippen LogP contribution is -2.47. The van der Waals surface area contributed by atoms with Crippen LogP contribution in [0.3, 0.4) is 0 Å². The number of fused-ring (bicyclic) bond motifs is 1. The number of aromatic nitrogens is 3. The van der Waals surface area contributed by atoms with Gasteiger partial charge < -0.3 is 19.1 Å². The number of amides is 1. The molecule has 1 saturated heterocycles. The van der Waals surface area contributed by atoms with Crippen molar-refractivity contribution in [1.29, 1.82) is 0 Å². The second kappa shape index (κ2) is 8.61. The molecule has 0 saturated carbocycles. The van der Waals surface area contributed by atoms with Crippen molar-refractivity contribution in [1.82, 2.24) is 19.7 Å². The number of morpholine rings is 1. The summed E-state index contributed by atoms with van der Waals surface area (Å²) < 4.78 is 19.0. The Hall–Kier alpha value is -3.81. The summed E-state index contributed by atoms with van der Waals surface area (Å²) >= 11 is 0. The number of carbonyl (C=O) groups is 1. The Balaban J connectivity index is 1.46. The van der Waals surface area contributed by atoms with Gasteiger partial charge in [0.05, 0.1) is 26.3 Å². The van der Waals surface area contributed by atoms with Crippen molar-refractivity contribution < 1.29 is 19.0 Å². The minimum Gasteiger partial charge on any atom is -0.494 e. The molecule has 8 nitrogen and oxygen atoms in total. The third-order valence-corrected chi connectivity index (χ3v) is 5.91. The van der Waals surface area contributed by atoms with E-state index in [1.165, 1.54) is 0 Å². The summed E-state index contributed by atoms with van der Waals surface area (Å²) in [5.74, 6) is 2.35. The molecule has 8 heteroatoms. The van der Waals surface area contributed by atoms with Crippen LogP contribution in [0.2, 0.25) is 0 Å². The lowest BCUT2D eigenvalue weighted by Gasteiger charge is -2.40. The number of carbonyl (C=O) groups excluding carboxylic acids is 1. The van der Waals surface area contributed by atoms with E-state index in [4.69, 9.17) is 14.2 Å². The Labute approximate surface area is 192 Å². The Morgan fingerprint density at radius 1 is 1.21 bits per heavy atom. The molecule has 2 aliphatic rings. The van der Waals surface area contributed by atoms with Gasteiger partial charge in [0.15, 0.2) is 5.76 Å². The molecule has 2 aromatic carbocycles. The molecule has 1 fully saturated rings. The zero-order chi connectivity index (χ0) is 22.9. The number of ether oxygens (including phenoxy) is 3.